The zero-order valence-corrected chi connectivity index (χ0v) is 10.3. The summed E-state index contributed by atoms with van der Waals surface area (Å²) in [6.07, 6.45) is 0. The Hall–Kier alpha value is -1.35. The Morgan fingerprint density at radius 2 is 1.75 bits per heavy atom. The SMILES string of the molecule is C[C@H](N)c1ccc(C(=O)OC(C)(C)C)cc1. The molecule has 1 aromatic carbocycles. The van der Waals surface area contributed by atoms with Crippen LogP contribution in [0.2, 0.25) is 0 Å². The Bertz CT molecular complexity index is 361. The second-order valence-electron chi connectivity index (χ2n) is 4.91. The quantitative estimate of drug-likeness (QED) is 0.781. The van der Waals surface area contributed by atoms with Gasteiger partial charge in [0.25, 0.3) is 0 Å². The predicted molar refractivity (Wildman–Crippen MR) is 64.2 cm³/mol. The minimum Gasteiger partial charge on any atom is -0.456 e. The predicted octanol–water partition coefficient (Wildman–Crippen LogP) is 2.66. The van der Waals surface area contributed by atoms with Crippen molar-refractivity contribution in [2.45, 2.75) is 39.3 Å². The van der Waals surface area contributed by atoms with E-state index in [0.29, 0.717) is 5.56 Å². The van der Waals surface area contributed by atoms with E-state index >= 15 is 0 Å². The minimum absolute atomic E-state index is 0.0207. The first kappa shape index (κ1) is 12.7. The lowest BCUT2D eigenvalue weighted by Crippen LogP contribution is -2.23. The van der Waals surface area contributed by atoms with Crippen molar-refractivity contribution >= 4 is 5.97 Å². The molecular weight excluding hydrogens is 202 g/mol. The number of carbonyl (C=O) groups excluding carboxylic acids is 1. The summed E-state index contributed by atoms with van der Waals surface area (Å²) in [7, 11) is 0. The first-order valence-corrected chi connectivity index (χ1v) is 5.38. The summed E-state index contributed by atoms with van der Waals surface area (Å²) in [5.74, 6) is -0.302. The van der Waals surface area contributed by atoms with E-state index in [1.165, 1.54) is 0 Å². The average Bonchev–Trinajstić information content (AvgIpc) is 2.15. The van der Waals surface area contributed by atoms with Crippen LogP contribution in [0.1, 0.15) is 49.7 Å². The van der Waals surface area contributed by atoms with Gasteiger partial charge in [-0.25, -0.2) is 4.79 Å². The summed E-state index contributed by atoms with van der Waals surface area (Å²) in [6.45, 7) is 7.45. The van der Waals surface area contributed by atoms with E-state index in [-0.39, 0.29) is 12.0 Å². The van der Waals surface area contributed by atoms with Crippen molar-refractivity contribution in [3.63, 3.8) is 0 Å². The van der Waals surface area contributed by atoms with Crippen molar-refractivity contribution in [2.75, 3.05) is 0 Å². The molecule has 1 rings (SSSR count). The van der Waals surface area contributed by atoms with Crippen LogP contribution >= 0.6 is 0 Å². The number of esters is 1. The number of carbonyl (C=O) groups is 1. The Kier molecular flexibility index (Phi) is 3.70. The van der Waals surface area contributed by atoms with Crippen molar-refractivity contribution in [3.8, 4) is 0 Å². The average molecular weight is 221 g/mol. The Labute approximate surface area is 96.6 Å². The van der Waals surface area contributed by atoms with Crippen molar-refractivity contribution in [3.05, 3.63) is 35.4 Å². The molecule has 1 atom stereocenters. The number of hydrogen-bond donors (Lipinski definition) is 1. The molecule has 0 amide bonds. The van der Waals surface area contributed by atoms with Gasteiger partial charge in [0.15, 0.2) is 0 Å². The third-order valence-corrected chi connectivity index (χ3v) is 2.07. The highest BCUT2D eigenvalue weighted by Gasteiger charge is 2.17. The van der Waals surface area contributed by atoms with E-state index in [0.717, 1.165) is 5.56 Å². The molecule has 0 aliphatic carbocycles. The third kappa shape index (κ3) is 3.66. The number of benzene rings is 1. The molecule has 0 aliphatic heterocycles. The zero-order valence-electron chi connectivity index (χ0n) is 10.3. The van der Waals surface area contributed by atoms with E-state index in [1.54, 1.807) is 12.1 Å². The lowest BCUT2D eigenvalue weighted by molar-refractivity contribution is 0.00695. The van der Waals surface area contributed by atoms with Crippen LogP contribution in [0.15, 0.2) is 24.3 Å². The highest BCUT2D eigenvalue weighted by molar-refractivity contribution is 5.89. The number of hydrogen-bond acceptors (Lipinski definition) is 3. The molecule has 0 saturated heterocycles. The number of nitrogens with two attached hydrogens (primary N) is 1. The van der Waals surface area contributed by atoms with Crippen molar-refractivity contribution in [1.29, 1.82) is 0 Å². The second-order valence-corrected chi connectivity index (χ2v) is 4.91. The molecule has 0 aliphatic rings. The van der Waals surface area contributed by atoms with Crippen LogP contribution in [-0.4, -0.2) is 11.6 Å². The fourth-order valence-corrected chi connectivity index (χ4v) is 1.26. The Morgan fingerprint density at radius 1 is 1.25 bits per heavy atom. The van der Waals surface area contributed by atoms with Crippen LogP contribution in [0.3, 0.4) is 0 Å². The molecule has 16 heavy (non-hydrogen) atoms. The van der Waals surface area contributed by atoms with E-state index in [4.69, 9.17) is 10.5 Å². The molecule has 0 saturated carbocycles. The molecule has 1 aromatic rings. The minimum atomic E-state index is -0.461. The van der Waals surface area contributed by atoms with Gasteiger partial charge in [0.05, 0.1) is 5.56 Å². The highest BCUT2D eigenvalue weighted by Crippen LogP contribution is 2.15. The smallest absolute Gasteiger partial charge is 0.338 e. The van der Waals surface area contributed by atoms with Crippen LogP contribution in [-0.2, 0) is 4.74 Å². The largest absolute Gasteiger partial charge is 0.456 e. The molecule has 3 heteroatoms. The maximum atomic E-state index is 11.7. The summed E-state index contributed by atoms with van der Waals surface area (Å²) in [5, 5.41) is 0. The molecule has 0 bridgehead atoms. The van der Waals surface area contributed by atoms with Gasteiger partial charge < -0.3 is 10.5 Å². The fourth-order valence-electron chi connectivity index (χ4n) is 1.26. The topological polar surface area (TPSA) is 52.3 Å². The van der Waals surface area contributed by atoms with Crippen LogP contribution in [0.4, 0.5) is 0 Å². The third-order valence-electron chi connectivity index (χ3n) is 2.07. The van der Waals surface area contributed by atoms with Crippen LogP contribution in [0.5, 0.6) is 0 Å². The summed E-state index contributed by atoms with van der Waals surface area (Å²) < 4.78 is 5.25. The van der Waals surface area contributed by atoms with Gasteiger partial charge in [-0.05, 0) is 45.4 Å². The van der Waals surface area contributed by atoms with E-state index in [1.807, 2.05) is 39.8 Å². The van der Waals surface area contributed by atoms with Gasteiger partial charge in [-0.3, -0.25) is 0 Å². The van der Waals surface area contributed by atoms with Gasteiger partial charge in [0.2, 0.25) is 0 Å². The normalized spacial score (nSPS) is 13.3. The molecule has 0 spiro atoms. The molecular formula is C13H19NO2. The number of ether oxygens (including phenoxy) is 1. The van der Waals surface area contributed by atoms with E-state index < -0.39 is 5.60 Å². The molecule has 0 radical (unpaired) electrons. The van der Waals surface area contributed by atoms with Crippen LogP contribution < -0.4 is 5.73 Å². The first-order valence-electron chi connectivity index (χ1n) is 5.38. The van der Waals surface area contributed by atoms with Crippen LogP contribution in [0, 0.1) is 0 Å². The molecule has 0 aromatic heterocycles. The van der Waals surface area contributed by atoms with Gasteiger partial charge in [-0.2, -0.15) is 0 Å². The lowest BCUT2D eigenvalue weighted by atomic mass is 10.1. The zero-order chi connectivity index (χ0) is 12.3. The fraction of sp³-hybridized carbons (Fsp3) is 0.462. The van der Waals surface area contributed by atoms with Gasteiger partial charge in [0, 0.05) is 6.04 Å². The van der Waals surface area contributed by atoms with Crippen molar-refractivity contribution in [1.82, 2.24) is 0 Å². The number of rotatable bonds is 2. The molecule has 2 N–H and O–H groups in total. The highest BCUT2D eigenvalue weighted by atomic mass is 16.6. The molecule has 0 unspecified atom stereocenters. The molecule has 0 fully saturated rings. The summed E-state index contributed by atoms with van der Waals surface area (Å²) in [4.78, 5) is 11.7. The maximum Gasteiger partial charge on any atom is 0.338 e. The summed E-state index contributed by atoms with van der Waals surface area (Å²) in [6, 6.07) is 7.17. The Morgan fingerprint density at radius 3 is 2.12 bits per heavy atom. The lowest BCUT2D eigenvalue weighted by Gasteiger charge is -2.19. The van der Waals surface area contributed by atoms with E-state index in [2.05, 4.69) is 0 Å². The molecule has 3 nitrogen and oxygen atoms in total. The molecule has 88 valence electrons. The monoisotopic (exact) mass is 221 g/mol. The standard InChI is InChI=1S/C13H19NO2/c1-9(14)10-5-7-11(8-6-10)12(15)16-13(2,3)4/h5-9H,14H2,1-4H3/t9-/m0/s1. The van der Waals surface area contributed by atoms with Crippen molar-refractivity contribution < 1.29 is 9.53 Å². The Balaban J connectivity index is 2.78. The summed E-state index contributed by atoms with van der Waals surface area (Å²) in [5.41, 5.74) is 6.83. The van der Waals surface area contributed by atoms with E-state index in [9.17, 15) is 4.79 Å². The first-order chi connectivity index (χ1) is 7.29. The summed E-state index contributed by atoms with van der Waals surface area (Å²) >= 11 is 0. The van der Waals surface area contributed by atoms with Gasteiger partial charge in [-0.15, -0.1) is 0 Å². The second kappa shape index (κ2) is 4.66. The van der Waals surface area contributed by atoms with Gasteiger partial charge in [0.1, 0.15) is 5.60 Å². The van der Waals surface area contributed by atoms with Gasteiger partial charge >= 0.3 is 5.97 Å². The van der Waals surface area contributed by atoms with Crippen LogP contribution in [0.25, 0.3) is 0 Å². The molecule has 0 heterocycles. The van der Waals surface area contributed by atoms with Gasteiger partial charge in [-0.1, -0.05) is 12.1 Å². The van der Waals surface area contributed by atoms with Crippen molar-refractivity contribution in [2.24, 2.45) is 5.73 Å². The maximum absolute atomic E-state index is 11.7.